The summed E-state index contributed by atoms with van der Waals surface area (Å²) in [5.74, 6) is -0.475. The maximum absolute atomic E-state index is 12.6. The van der Waals surface area contributed by atoms with Crippen molar-refractivity contribution in [3.05, 3.63) is 52.4 Å². The van der Waals surface area contributed by atoms with E-state index in [1.807, 2.05) is 18.2 Å². The van der Waals surface area contributed by atoms with Gasteiger partial charge in [-0.2, -0.15) is 4.31 Å². The van der Waals surface area contributed by atoms with Crippen molar-refractivity contribution in [3.63, 3.8) is 0 Å². The Kier molecular flexibility index (Phi) is 5.78. The maximum atomic E-state index is 12.6. The lowest BCUT2D eigenvalue weighted by Gasteiger charge is -2.30. The molecule has 0 unspecified atom stereocenters. The monoisotopic (exact) mass is 398 g/mol. The summed E-state index contributed by atoms with van der Waals surface area (Å²) in [6, 6.07) is 10.7. The topological polar surface area (TPSA) is 66.5 Å². The summed E-state index contributed by atoms with van der Waals surface area (Å²) in [6.45, 7) is 1.01. The normalized spacial score (nSPS) is 18.8. The van der Waals surface area contributed by atoms with Gasteiger partial charge in [0.15, 0.2) is 0 Å². The third-order valence-electron chi connectivity index (χ3n) is 4.26. The Labute approximate surface area is 156 Å². The number of nitrogens with zero attached hydrogens (tertiary/aromatic N) is 1. The molecule has 25 heavy (non-hydrogen) atoms. The molecule has 2 aromatic rings. The second kappa shape index (κ2) is 7.86. The molecule has 8 heteroatoms. The lowest BCUT2D eigenvalue weighted by Crippen LogP contribution is -2.45. The van der Waals surface area contributed by atoms with Gasteiger partial charge in [-0.05, 0) is 35.9 Å². The van der Waals surface area contributed by atoms with Gasteiger partial charge in [-0.3, -0.25) is 4.79 Å². The molecule has 1 N–H and O–H groups in total. The van der Waals surface area contributed by atoms with Crippen LogP contribution in [0.5, 0.6) is 0 Å². The van der Waals surface area contributed by atoms with Crippen LogP contribution < -0.4 is 5.32 Å². The molecule has 0 bridgehead atoms. The number of amides is 1. The van der Waals surface area contributed by atoms with Crippen LogP contribution in [-0.2, 0) is 21.4 Å². The Bertz CT molecular complexity index is 837. The molecule has 5 nitrogen and oxygen atoms in total. The van der Waals surface area contributed by atoms with E-state index >= 15 is 0 Å². The van der Waals surface area contributed by atoms with Crippen molar-refractivity contribution in [1.29, 1.82) is 0 Å². The first-order valence-electron chi connectivity index (χ1n) is 8.03. The van der Waals surface area contributed by atoms with E-state index in [0.29, 0.717) is 35.2 Å². The smallest absolute Gasteiger partial charge is 0.252 e. The molecule has 1 atom stereocenters. The van der Waals surface area contributed by atoms with E-state index in [1.165, 1.54) is 15.6 Å². The van der Waals surface area contributed by atoms with Crippen molar-refractivity contribution in [2.75, 3.05) is 13.1 Å². The van der Waals surface area contributed by atoms with Gasteiger partial charge < -0.3 is 5.32 Å². The first-order chi connectivity index (χ1) is 12.0. The summed E-state index contributed by atoms with van der Waals surface area (Å²) in [5.41, 5.74) is 0.844. The fraction of sp³-hybridized carbons (Fsp3) is 0.353. The molecule has 1 aromatic carbocycles. The zero-order valence-corrected chi connectivity index (χ0v) is 15.9. The molecule has 0 radical (unpaired) electrons. The minimum atomic E-state index is -3.51. The number of piperidine rings is 1. The molecule has 1 aliphatic rings. The molecule has 0 aliphatic carbocycles. The number of carbonyl (C=O) groups excluding carboxylic acids is 1. The SMILES string of the molecule is O=C(NCc1ccccc1Cl)[C@H]1CCCN(S(=O)(=O)c2cccs2)C1. The first kappa shape index (κ1) is 18.4. The minimum absolute atomic E-state index is 0.133. The Morgan fingerprint density at radius 3 is 2.80 bits per heavy atom. The molecular formula is C17H19ClN2O3S2. The Balaban J connectivity index is 1.63. The van der Waals surface area contributed by atoms with Crippen LogP contribution in [0.15, 0.2) is 46.0 Å². The molecule has 0 spiro atoms. The van der Waals surface area contributed by atoms with E-state index in [1.54, 1.807) is 23.6 Å². The highest BCUT2D eigenvalue weighted by molar-refractivity contribution is 7.91. The van der Waals surface area contributed by atoms with Crippen LogP contribution in [0, 0.1) is 5.92 Å². The van der Waals surface area contributed by atoms with Gasteiger partial charge in [0.2, 0.25) is 5.91 Å². The van der Waals surface area contributed by atoms with E-state index < -0.39 is 10.0 Å². The van der Waals surface area contributed by atoms with Gasteiger partial charge >= 0.3 is 0 Å². The average molecular weight is 399 g/mol. The van der Waals surface area contributed by atoms with Crippen molar-refractivity contribution < 1.29 is 13.2 Å². The number of thiophene rings is 1. The number of rotatable bonds is 5. The molecule has 0 saturated carbocycles. The number of benzene rings is 1. The maximum Gasteiger partial charge on any atom is 0.252 e. The molecule has 1 fully saturated rings. The van der Waals surface area contributed by atoms with Gasteiger partial charge in [-0.25, -0.2) is 8.42 Å². The van der Waals surface area contributed by atoms with Crippen LogP contribution in [0.1, 0.15) is 18.4 Å². The summed E-state index contributed by atoms with van der Waals surface area (Å²) in [5, 5.41) is 5.22. The predicted octanol–water partition coefficient (Wildman–Crippen LogP) is 3.12. The number of nitrogens with one attached hydrogen (secondary N) is 1. The summed E-state index contributed by atoms with van der Waals surface area (Å²) in [7, 11) is -3.51. The van der Waals surface area contributed by atoms with Crippen LogP contribution in [-0.4, -0.2) is 31.7 Å². The number of hydrogen-bond acceptors (Lipinski definition) is 4. The zero-order valence-electron chi connectivity index (χ0n) is 13.5. The van der Waals surface area contributed by atoms with Crippen molar-refractivity contribution in [1.82, 2.24) is 9.62 Å². The third-order valence-corrected chi connectivity index (χ3v) is 7.86. The van der Waals surface area contributed by atoms with Crippen molar-refractivity contribution in [2.24, 2.45) is 5.92 Å². The predicted molar refractivity (Wildman–Crippen MR) is 99.1 cm³/mol. The fourth-order valence-corrected chi connectivity index (χ4v) is 5.75. The van der Waals surface area contributed by atoms with Gasteiger partial charge in [0.25, 0.3) is 10.0 Å². The highest BCUT2D eigenvalue weighted by atomic mass is 35.5. The van der Waals surface area contributed by atoms with E-state index in [-0.39, 0.29) is 18.4 Å². The molecule has 1 amide bonds. The van der Waals surface area contributed by atoms with Gasteiger partial charge in [-0.15, -0.1) is 11.3 Å². The molecule has 2 heterocycles. The summed E-state index contributed by atoms with van der Waals surface area (Å²) < 4.78 is 27.0. The highest BCUT2D eigenvalue weighted by Crippen LogP contribution is 2.26. The second-order valence-electron chi connectivity index (χ2n) is 5.94. The Morgan fingerprint density at radius 1 is 1.28 bits per heavy atom. The summed E-state index contributed by atoms with van der Waals surface area (Å²) in [4.78, 5) is 12.5. The standard InChI is InChI=1S/C17H19ClN2O3S2/c18-15-7-2-1-5-13(15)11-19-17(21)14-6-3-9-20(12-14)25(22,23)16-8-4-10-24-16/h1-2,4-5,7-8,10,14H,3,6,9,11-12H2,(H,19,21)/t14-/m0/s1. The molecular weight excluding hydrogens is 380 g/mol. The molecule has 134 valence electrons. The van der Waals surface area contributed by atoms with Crippen LogP contribution in [0.3, 0.4) is 0 Å². The van der Waals surface area contributed by atoms with Crippen molar-refractivity contribution in [2.45, 2.75) is 23.6 Å². The van der Waals surface area contributed by atoms with Gasteiger partial charge in [0, 0.05) is 24.7 Å². The number of halogens is 1. The lowest BCUT2D eigenvalue weighted by atomic mass is 9.99. The number of sulfonamides is 1. The van der Waals surface area contributed by atoms with Gasteiger partial charge in [0.05, 0.1) is 5.92 Å². The van der Waals surface area contributed by atoms with E-state index in [9.17, 15) is 13.2 Å². The molecule has 1 saturated heterocycles. The average Bonchev–Trinajstić information content (AvgIpc) is 3.16. The number of hydrogen-bond donors (Lipinski definition) is 1. The summed E-state index contributed by atoms with van der Waals surface area (Å²) >= 11 is 7.29. The number of carbonyl (C=O) groups is 1. The minimum Gasteiger partial charge on any atom is -0.352 e. The van der Waals surface area contributed by atoms with Crippen molar-refractivity contribution >= 4 is 38.9 Å². The molecule has 1 aliphatic heterocycles. The first-order valence-corrected chi connectivity index (χ1v) is 10.7. The van der Waals surface area contributed by atoms with Crippen LogP contribution in [0.2, 0.25) is 5.02 Å². The Hall–Kier alpha value is -1.41. The lowest BCUT2D eigenvalue weighted by molar-refractivity contribution is -0.126. The van der Waals surface area contributed by atoms with E-state index in [4.69, 9.17) is 11.6 Å². The fourth-order valence-electron chi connectivity index (χ4n) is 2.88. The largest absolute Gasteiger partial charge is 0.352 e. The summed E-state index contributed by atoms with van der Waals surface area (Å²) in [6.07, 6.45) is 1.36. The van der Waals surface area contributed by atoms with E-state index in [2.05, 4.69) is 5.32 Å². The van der Waals surface area contributed by atoms with Crippen LogP contribution in [0.4, 0.5) is 0 Å². The van der Waals surface area contributed by atoms with Gasteiger partial charge in [0.1, 0.15) is 4.21 Å². The van der Waals surface area contributed by atoms with Gasteiger partial charge in [-0.1, -0.05) is 35.9 Å². The molecule has 3 rings (SSSR count). The highest BCUT2D eigenvalue weighted by Gasteiger charge is 2.33. The zero-order chi connectivity index (χ0) is 17.9. The molecule has 1 aromatic heterocycles. The third kappa shape index (κ3) is 4.23. The van der Waals surface area contributed by atoms with Crippen molar-refractivity contribution in [3.8, 4) is 0 Å². The quantitative estimate of drug-likeness (QED) is 0.841. The van der Waals surface area contributed by atoms with Crippen LogP contribution in [0.25, 0.3) is 0 Å². The van der Waals surface area contributed by atoms with Crippen LogP contribution >= 0.6 is 22.9 Å². The van der Waals surface area contributed by atoms with E-state index in [0.717, 1.165) is 5.56 Å². The Morgan fingerprint density at radius 2 is 2.08 bits per heavy atom. The second-order valence-corrected chi connectivity index (χ2v) is 9.46.